The Balaban J connectivity index is 1.26. The number of likely N-dealkylation sites (tertiary alicyclic amines) is 1. The van der Waals surface area contributed by atoms with Crippen LogP contribution >= 0.6 is 0 Å². The minimum absolute atomic E-state index is 0.0107. The fraction of sp³-hybridized carbons (Fsp3) is 0.619. The highest BCUT2D eigenvalue weighted by atomic mass is 16.4. The van der Waals surface area contributed by atoms with Gasteiger partial charge in [0.2, 0.25) is 5.91 Å². The van der Waals surface area contributed by atoms with Gasteiger partial charge in [0.05, 0.1) is 6.61 Å². The van der Waals surface area contributed by atoms with E-state index in [-0.39, 0.29) is 24.5 Å². The molecule has 7 heteroatoms. The standard InChI is InChI=1S/C21H30N4O3/c1-15(14-26)22-20(27)16-6-10-24(11-7-16)17-8-12-25(13-9-17)21-23-18-4-2-3-5-19(18)28-21/h2-5,15-17,26H,6-14H2,1H3,(H,22,27)/t15-/m1/s1. The van der Waals surface area contributed by atoms with Gasteiger partial charge in [-0.05, 0) is 57.8 Å². The molecule has 152 valence electrons. The minimum Gasteiger partial charge on any atom is -0.423 e. The van der Waals surface area contributed by atoms with Crippen LogP contribution < -0.4 is 10.2 Å². The first-order valence-electron chi connectivity index (χ1n) is 10.4. The smallest absolute Gasteiger partial charge is 0.298 e. The molecule has 0 radical (unpaired) electrons. The summed E-state index contributed by atoms with van der Waals surface area (Å²) in [5, 5.41) is 12.0. The summed E-state index contributed by atoms with van der Waals surface area (Å²) < 4.78 is 5.91. The fourth-order valence-corrected chi connectivity index (χ4v) is 4.35. The minimum atomic E-state index is -0.165. The number of piperidine rings is 2. The summed E-state index contributed by atoms with van der Waals surface area (Å²) in [6.07, 6.45) is 3.99. The summed E-state index contributed by atoms with van der Waals surface area (Å²) >= 11 is 0. The van der Waals surface area contributed by atoms with Crippen molar-refractivity contribution < 1.29 is 14.3 Å². The zero-order valence-corrected chi connectivity index (χ0v) is 16.5. The second-order valence-electron chi connectivity index (χ2n) is 8.08. The van der Waals surface area contributed by atoms with Gasteiger partial charge in [-0.25, -0.2) is 0 Å². The van der Waals surface area contributed by atoms with Crippen LogP contribution in [0.25, 0.3) is 11.1 Å². The molecule has 4 rings (SSSR count). The van der Waals surface area contributed by atoms with E-state index in [4.69, 9.17) is 9.52 Å². The highest BCUT2D eigenvalue weighted by Gasteiger charge is 2.31. The molecule has 3 heterocycles. The van der Waals surface area contributed by atoms with Crippen LogP contribution in [-0.4, -0.2) is 65.8 Å². The Hall–Kier alpha value is -2.12. The third kappa shape index (κ3) is 4.15. The van der Waals surface area contributed by atoms with E-state index >= 15 is 0 Å². The number of nitrogens with zero attached hydrogens (tertiary/aromatic N) is 3. The normalized spacial score (nSPS) is 21.1. The summed E-state index contributed by atoms with van der Waals surface area (Å²) in [5.74, 6) is 0.164. The number of nitrogens with one attached hydrogen (secondary N) is 1. The van der Waals surface area contributed by atoms with Crippen molar-refractivity contribution in [2.75, 3.05) is 37.7 Å². The maximum Gasteiger partial charge on any atom is 0.298 e. The lowest BCUT2D eigenvalue weighted by Gasteiger charge is -2.41. The molecule has 2 aliphatic rings. The molecular weight excluding hydrogens is 356 g/mol. The first kappa shape index (κ1) is 19.2. The Morgan fingerprint density at radius 3 is 2.61 bits per heavy atom. The van der Waals surface area contributed by atoms with Crippen LogP contribution in [0, 0.1) is 5.92 Å². The lowest BCUT2D eigenvalue weighted by Crippen LogP contribution is -2.50. The van der Waals surface area contributed by atoms with Crippen molar-refractivity contribution in [3.05, 3.63) is 24.3 Å². The predicted octanol–water partition coefficient (Wildman–Crippen LogP) is 2.01. The number of hydrogen-bond donors (Lipinski definition) is 2. The number of benzene rings is 1. The number of carbonyl (C=O) groups excluding carboxylic acids is 1. The number of para-hydroxylation sites is 2. The van der Waals surface area contributed by atoms with Gasteiger partial charge in [-0.3, -0.25) is 4.79 Å². The zero-order valence-electron chi connectivity index (χ0n) is 16.5. The lowest BCUT2D eigenvalue weighted by atomic mass is 9.92. The van der Waals surface area contributed by atoms with Crippen LogP contribution in [0.3, 0.4) is 0 Å². The average molecular weight is 386 g/mol. The SMILES string of the molecule is C[C@H](CO)NC(=O)C1CCN(C2CCN(c3nc4ccccc4o3)CC2)CC1. The number of anilines is 1. The van der Waals surface area contributed by atoms with Gasteiger partial charge in [-0.1, -0.05) is 12.1 Å². The summed E-state index contributed by atoms with van der Waals surface area (Å²) in [6.45, 7) is 5.66. The molecule has 2 N–H and O–H groups in total. The molecule has 1 aromatic carbocycles. The number of oxazole rings is 1. The van der Waals surface area contributed by atoms with Crippen molar-refractivity contribution in [1.82, 2.24) is 15.2 Å². The van der Waals surface area contributed by atoms with E-state index in [9.17, 15) is 4.79 Å². The van der Waals surface area contributed by atoms with Crippen LogP contribution in [0.5, 0.6) is 0 Å². The van der Waals surface area contributed by atoms with Crippen LogP contribution in [0.1, 0.15) is 32.6 Å². The summed E-state index contributed by atoms with van der Waals surface area (Å²) in [5.41, 5.74) is 1.76. The van der Waals surface area contributed by atoms with Gasteiger partial charge >= 0.3 is 0 Å². The molecule has 7 nitrogen and oxygen atoms in total. The first-order valence-corrected chi connectivity index (χ1v) is 10.4. The zero-order chi connectivity index (χ0) is 19.5. The van der Waals surface area contributed by atoms with Gasteiger partial charge in [-0.15, -0.1) is 0 Å². The number of aliphatic hydroxyl groups is 1. The van der Waals surface area contributed by atoms with E-state index in [1.54, 1.807) is 0 Å². The Labute approximate surface area is 165 Å². The van der Waals surface area contributed by atoms with Gasteiger partial charge in [0.25, 0.3) is 6.01 Å². The quantitative estimate of drug-likeness (QED) is 0.818. The molecule has 2 fully saturated rings. The van der Waals surface area contributed by atoms with Gasteiger partial charge in [0.1, 0.15) is 5.52 Å². The number of aromatic nitrogens is 1. The second-order valence-corrected chi connectivity index (χ2v) is 8.08. The Kier molecular flexibility index (Phi) is 5.82. The third-order valence-corrected chi connectivity index (χ3v) is 6.10. The molecule has 0 saturated carbocycles. The number of amides is 1. The summed E-state index contributed by atoms with van der Waals surface area (Å²) in [6, 6.07) is 9.03. The van der Waals surface area contributed by atoms with E-state index in [1.807, 2.05) is 31.2 Å². The van der Waals surface area contributed by atoms with Crippen molar-refractivity contribution in [2.24, 2.45) is 5.92 Å². The van der Waals surface area contributed by atoms with Crippen LogP contribution in [0.2, 0.25) is 0 Å². The molecular formula is C21H30N4O3. The molecule has 0 bridgehead atoms. The summed E-state index contributed by atoms with van der Waals surface area (Å²) in [4.78, 5) is 21.7. The fourth-order valence-electron chi connectivity index (χ4n) is 4.35. The molecule has 2 saturated heterocycles. The molecule has 0 aliphatic carbocycles. The van der Waals surface area contributed by atoms with E-state index in [1.165, 1.54) is 0 Å². The molecule has 2 aliphatic heterocycles. The number of rotatable bonds is 5. The van der Waals surface area contributed by atoms with E-state index in [0.29, 0.717) is 6.04 Å². The van der Waals surface area contributed by atoms with E-state index < -0.39 is 0 Å². The van der Waals surface area contributed by atoms with Crippen LogP contribution in [-0.2, 0) is 4.79 Å². The van der Waals surface area contributed by atoms with Crippen molar-refractivity contribution >= 4 is 23.0 Å². The first-order chi connectivity index (χ1) is 13.6. The van der Waals surface area contributed by atoms with Crippen molar-refractivity contribution in [1.29, 1.82) is 0 Å². The number of carbonyl (C=O) groups is 1. The molecule has 1 atom stereocenters. The van der Waals surface area contributed by atoms with Gasteiger partial charge in [0.15, 0.2) is 5.58 Å². The summed E-state index contributed by atoms with van der Waals surface area (Å²) in [7, 11) is 0. The van der Waals surface area contributed by atoms with Crippen LogP contribution in [0.15, 0.2) is 28.7 Å². The molecule has 0 unspecified atom stereocenters. The number of hydrogen-bond acceptors (Lipinski definition) is 6. The molecule has 1 amide bonds. The Morgan fingerprint density at radius 2 is 1.93 bits per heavy atom. The maximum atomic E-state index is 12.3. The highest BCUT2D eigenvalue weighted by Crippen LogP contribution is 2.28. The Morgan fingerprint density at radius 1 is 1.21 bits per heavy atom. The topological polar surface area (TPSA) is 81.8 Å². The second kappa shape index (κ2) is 8.49. The average Bonchev–Trinajstić information content (AvgIpc) is 3.18. The lowest BCUT2D eigenvalue weighted by molar-refractivity contribution is -0.127. The van der Waals surface area contributed by atoms with Crippen molar-refractivity contribution in [3.8, 4) is 0 Å². The molecule has 28 heavy (non-hydrogen) atoms. The van der Waals surface area contributed by atoms with Crippen molar-refractivity contribution in [2.45, 2.75) is 44.7 Å². The predicted molar refractivity (Wildman–Crippen MR) is 108 cm³/mol. The third-order valence-electron chi connectivity index (χ3n) is 6.10. The largest absolute Gasteiger partial charge is 0.423 e. The number of aliphatic hydroxyl groups excluding tert-OH is 1. The van der Waals surface area contributed by atoms with Crippen LogP contribution in [0.4, 0.5) is 6.01 Å². The number of fused-ring (bicyclic) bond motifs is 1. The molecule has 2 aromatic rings. The monoisotopic (exact) mass is 386 g/mol. The van der Waals surface area contributed by atoms with Gasteiger partial charge in [-0.2, -0.15) is 4.98 Å². The highest BCUT2D eigenvalue weighted by molar-refractivity contribution is 5.79. The van der Waals surface area contributed by atoms with Gasteiger partial charge < -0.3 is 24.6 Å². The van der Waals surface area contributed by atoms with Crippen molar-refractivity contribution in [3.63, 3.8) is 0 Å². The maximum absolute atomic E-state index is 12.3. The molecule has 0 spiro atoms. The van der Waals surface area contributed by atoms with Gasteiger partial charge in [0, 0.05) is 31.1 Å². The Bertz CT molecular complexity index is 759. The van der Waals surface area contributed by atoms with E-state index in [2.05, 4.69) is 20.1 Å². The van der Waals surface area contributed by atoms with E-state index in [0.717, 1.165) is 69.0 Å². The molecule has 1 aromatic heterocycles.